The minimum atomic E-state index is 0.0126. The van der Waals surface area contributed by atoms with E-state index >= 15 is 0 Å². The number of aromatic nitrogens is 2. The average Bonchev–Trinajstić information content (AvgIpc) is 2.68. The number of amides is 2. The summed E-state index contributed by atoms with van der Waals surface area (Å²) in [5, 5.41) is 0. The first-order valence-corrected chi connectivity index (χ1v) is 9.28. The highest BCUT2D eigenvalue weighted by Crippen LogP contribution is 2.18. The van der Waals surface area contributed by atoms with Crippen LogP contribution in [-0.4, -0.2) is 96.4 Å². The maximum atomic E-state index is 12.7. The van der Waals surface area contributed by atoms with E-state index in [1.807, 2.05) is 4.90 Å². The number of carbonyl (C=O) groups excluding carboxylic acids is 2. The molecule has 2 amide bonds. The van der Waals surface area contributed by atoms with Crippen LogP contribution in [0.1, 0.15) is 12.8 Å². The molecule has 0 radical (unpaired) electrons. The molecule has 1 unspecified atom stereocenters. The topological polar surface area (TPSA) is 72.9 Å². The number of nitrogens with zero attached hydrogens (tertiary/aromatic N) is 6. The Bertz CT molecular complexity index is 615. The Morgan fingerprint density at radius 2 is 1.81 bits per heavy atom. The summed E-state index contributed by atoms with van der Waals surface area (Å²) >= 11 is 0. The van der Waals surface area contributed by atoms with Crippen molar-refractivity contribution in [3.8, 4) is 0 Å². The first-order chi connectivity index (χ1) is 12.5. The van der Waals surface area contributed by atoms with Crippen LogP contribution in [0.15, 0.2) is 18.5 Å². The molecule has 3 rings (SSSR count). The number of anilines is 1. The first-order valence-electron chi connectivity index (χ1n) is 9.28. The van der Waals surface area contributed by atoms with E-state index in [9.17, 15) is 9.59 Å². The maximum absolute atomic E-state index is 12.7. The molecule has 0 aromatic carbocycles. The van der Waals surface area contributed by atoms with Crippen molar-refractivity contribution in [1.29, 1.82) is 0 Å². The third-order valence-corrected chi connectivity index (χ3v) is 5.12. The summed E-state index contributed by atoms with van der Waals surface area (Å²) in [7, 11) is 3.59. The van der Waals surface area contributed by atoms with Crippen molar-refractivity contribution in [3.05, 3.63) is 18.5 Å². The normalized spacial score (nSPS) is 21.5. The van der Waals surface area contributed by atoms with Crippen LogP contribution in [-0.2, 0) is 9.59 Å². The van der Waals surface area contributed by atoms with Gasteiger partial charge in [-0.2, -0.15) is 0 Å². The molecule has 2 saturated heterocycles. The van der Waals surface area contributed by atoms with Gasteiger partial charge < -0.3 is 14.7 Å². The van der Waals surface area contributed by atoms with Crippen molar-refractivity contribution in [1.82, 2.24) is 24.7 Å². The number of likely N-dealkylation sites (tertiary alicyclic amines) is 1. The number of piperidine rings is 1. The van der Waals surface area contributed by atoms with Gasteiger partial charge in [0.15, 0.2) is 0 Å². The number of carbonyl (C=O) groups is 2. The van der Waals surface area contributed by atoms with Gasteiger partial charge in [0.2, 0.25) is 17.8 Å². The Hall–Kier alpha value is -2.22. The molecular weight excluding hydrogens is 332 g/mol. The Kier molecular flexibility index (Phi) is 6.03. The van der Waals surface area contributed by atoms with E-state index in [1.54, 1.807) is 37.5 Å². The number of hydrogen-bond donors (Lipinski definition) is 0. The second-order valence-electron chi connectivity index (χ2n) is 7.22. The molecule has 1 aromatic heterocycles. The zero-order valence-electron chi connectivity index (χ0n) is 15.7. The van der Waals surface area contributed by atoms with Gasteiger partial charge in [0.1, 0.15) is 0 Å². The van der Waals surface area contributed by atoms with Gasteiger partial charge in [0, 0.05) is 59.2 Å². The van der Waals surface area contributed by atoms with Gasteiger partial charge in [0.05, 0.1) is 12.5 Å². The Balaban J connectivity index is 1.47. The lowest BCUT2D eigenvalue weighted by atomic mass is 9.97. The second-order valence-corrected chi connectivity index (χ2v) is 7.22. The molecule has 2 fully saturated rings. The number of rotatable bonds is 4. The molecule has 0 spiro atoms. The molecule has 8 nitrogen and oxygen atoms in total. The van der Waals surface area contributed by atoms with Gasteiger partial charge in [-0.05, 0) is 25.5 Å². The summed E-state index contributed by atoms with van der Waals surface area (Å²) in [6.45, 7) is 4.84. The van der Waals surface area contributed by atoms with Crippen LogP contribution in [0.4, 0.5) is 5.95 Å². The fourth-order valence-corrected chi connectivity index (χ4v) is 3.67. The van der Waals surface area contributed by atoms with E-state index in [0.717, 1.165) is 38.4 Å². The fourth-order valence-electron chi connectivity index (χ4n) is 3.67. The van der Waals surface area contributed by atoms with E-state index in [0.29, 0.717) is 26.2 Å². The molecule has 8 heteroatoms. The van der Waals surface area contributed by atoms with Gasteiger partial charge >= 0.3 is 0 Å². The minimum absolute atomic E-state index is 0.0126. The van der Waals surface area contributed by atoms with E-state index in [-0.39, 0.29) is 17.7 Å². The Morgan fingerprint density at radius 3 is 2.46 bits per heavy atom. The van der Waals surface area contributed by atoms with Gasteiger partial charge in [-0.25, -0.2) is 9.97 Å². The zero-order valence-corrected chi connectivity index (χ0v) is 15.7. The Morgan fingerprint density at radius 1 is 1.12 bits per heavy atom. The van der Waals surface area contributed by atoms with Crippen LogP contribution < -0.4 is 4.90 Å². The van der Waals surface area contributed by atoms with Crippen molar-refractivity contribution in [3.63, 3.8) is 0 Å². The van der Waals surface area contributed by atoms with Gasteiger partial charge in [-0.1, -0.05) is 0 Å². The molecule has 0 N–H and O–H groups in total. The lowest BCUT2D eigenvalue weighted by Crippen LogP contribution is -2.53. The molecule has 1 atom stereocenters. The quantitative estimate of drug-likeness (QED) is 0.748. The van der Waals surface area contributed by atoms with Crippen LogP contribution in [0.5, 0.6) is 0 Å². The number of hydrogen-bond acceptors (Lipinski definition) is 6. The van der Waals surface area contributed by atoms with Crippen LogP contribution in [0.25, 0.3) is 0 Å². The first kappa shape index (κ1) is 18.6. The van der Waals surface area contributed by atoms with E-state index in [2.05, 4.69) is 19.8 Å². The van der Waals surface area contributed by atoms with Crippen LogP contribution >= 0.6 is 0 Å². The molecule has 2 aliphatic rings. The molecule has 2 aliphatic heterocycles. The minimum Gasteiger partial charge on any atom is -0.349 e. The molecule has 0 bridgehead atoms. The maximum Gasteiger partial charge on any atom is 0.236 e. The van der Waals surface area contributed by atoms with E-state index in [1.165, 1.54) is 0 Å². The SMILES string of the molecule is CN(C)C(=O)C1CCCN(CC(=O)N2CCN(c3ncccn3)CC2)C1. The Labute approximate surface area is 154 Å². The highest BCUT2D eigenvalue weighted by atomic mass is 16.2. The summed E-state index contributed by atoms with van der Waals surface area (Å²) in [6.07, 6.45) is 5.36. The van der Waals surface area contributed by atoms with Crippen molar-refractivity contribution >= 4 is 17.8 Å². The predicted octanol–water partition coefficient (Wildman–Crippen LogP) is -0.0746. The van der Waals surface area contributed by atoms with Gasteiger partial charge in [0.25, 0.3) is 0 Å². The lowest BCUT2D eigenvalue weighted by Gasteiger charge is -2.37. The van der Waals surface area contributed by atoms with E-state index < -0.39 is 0 Å². The molecule has 3 heterocycles. The second kappa shape index (κ2) is 8.44. The summed E-state index contributed by atoms with van der Waals surface area (Å²) in [5.41, 5.74) is 0. The van der Waals surface area contributed by atoms with Crippen molar-refractivity contribution < 1.29 is 9.59 Å². The van der Waals surface area contributed by atoms with Gasteiger partial charge in [-0.15, -0.1) is 0 Å². The predicted molar refractivity (Wildman–Crippen MR) is 98.7 cm³/mol. The van der Waals surface area contributed by atoms with Crippen LogP contribution in [0.3, 0.4) is 0 Å². The highest BCUT2D eigenvalue weighted by Gasteiger charge is 2.29. The monoisotopic (exact) mass is 360 g/mol. The van der Waals surface area contributed by atoms with Crippen molar-refractivity contribution in [2.45, 2.75) is 12.8 Å². The summed E-state index contributed by atoms with van der Waals surface area (Å²) in [5.74, 6) is 1.05. The lowest BCUT2D eigenvalue weighted by molar-refractivity contribution is -0.138. The standard InChI is InChI=1S/C18H28N6O2/c1-21(2)17(26)15-5-3-8-22(13-15)14-16(25)23-9-11-24(12-10-23)18-19-6-4-7-20-18/h4,6-7,15H,3,5,8-14H2,1-2H3. The fraction of sp³-hybridized carbons (Fsp3) is 0.667. The number of piperazine rings is 1. The van der Waals surface area contributed by atoms with Gasteiger partial charge in [-0.3, -0.25) is 14.5 Å². The largest absolute Gasteiger partial charge is 0.349 e. The van der Waals surface area contributed by atoms with Crippen molar-refractivity contribution in [2.75, 3.05) is 64.8 Å². The molecule has 142 valence electrons. The van der Waals surface area contributed by atoms with Crippen LogP contribution in [0, 0.1) is 5.92 Å². The molecule has 1 aromatic rings. The molecule has 26 heavy (non-hydrogen) atoms. The highest BCUT2D eigenvalue weighted by molar-refractivity contribution is 5.80. The smallest absolute Gasteiger partial charge is 0.236 e. The molecule has 0 aliphatic carbocycles. The van der Waals surface area contributed by atoms with Crippen LogP contribution in [0.2, 0.25) is 0 Å². The third kappa shape index (κ3) is 4.49. The zero-order chi connectivity index (χ0) is 18.5. The summed E-state index contributed by atoms with van der Waals surface area (Å²) < 4.78 is 0. The summed E-state index contributed by atoms with van der Waals surface area (Å²) in [4.78, 5) is 41.2. The average molecular weight is 360 g/mol. The van der Waals surface area contributed by atoms with Crippen molar-refractivity contribution in [2.24, 2.45) is 5.92 Å². The van der Waals surface area contributed by atoms with E-state index in [4.69, 9.17) is 0 Å². The summed E-state index contributed by atoms with van der Waals surface area (Å²) in [6, 6.07) is 1.80. The molecular formula is C18H28N6O2. The third-order valence-electron chi connectivity index (χ3n) is 5.12. The molecule has 0 saturated carbocycles.